The van der Waals surface area contributed by atoms with Crippen LogP contribution in [0, 0.1) is 24.7 Å². The minimum absolute atomic E-state index is 0.0332. The van der Waals surface area contributed by atoms with Gasteiger partial charge in [-0.1, -0.05) is 40.7 Å². The predicted molar refractivity (Wildman–Crippen MR) is 134 cm³/mol. The van der Waals surface area contributed by atoms with E-state index < -0.39 is 0 Å². The first-order valence-corrected chi connectivity index (χ1v) is 11.4. The lowest BCUT2D eigenvalue weighted by atomic mass is 9.74. The molecule has 0 aliphatic rings. The Morgan fingerprint density at radius 1 is 1.06 bits per heavy atom. The van der Waals surface area contributed by atoms with Crippen LogP contribution in [0.1, 0.15) is 58.7 Å². The lowest BCUT2D eigenvalue weighted by Gasteiger charge is -2.31. The Morgan fingerprint density at radius 2 is 1.76 bits per heavy atom. The van der Waals surface area contributed by atoms with Crippen LogP contribution in [0.4, 0.5) is 5.82 Å². The van der Waals surface area contributed by atoms with Crippen LogP contribution in [-0.4, -0.2) is 29.5 Å². The number of ether oxygens (including phenoxy) is 2. The van der Waals surface area contributed by atoms with Crippen molar-refractivity contribution in [3.8, 4) is 22.8 Å². The van der Waals surface area contributed by atoms with E-state index >= 15 is 0 Å². The van der Waals surface area contributed by atoms with Crippen LogP contribution in [0.2, 0.25) is 0 Å². The van der Waals surface area contributed by atoms with E-state index in [0.717, 1.165) is 28.9 Å². The molecule has 1 N–H and O–H groups in total. The number of anilines is 1. The summed E-state index contributed by atoms with van der Waals surface area (Å²) in [6, 6.07) is 9.78. The second kappa shape index (κ2) is 9.08. The Balaban J connectivity index is 2.12. The average molecular weight is 452 g/mol. The number of amides is 1. The van der Waals surface area contributed by atoms with Gasteiger partial charge in [0, 0.05) is 17.7 Å². The maximum atomic E-state index is 13.3. The highest BCUT2D eigenvalue weighted by Gasteiger charge is 2.29. The zero-order chi connectivity index (χ0) is 24.6. The lowest BCUT2D eigenvalue weighted by Crippen LogP contribution is -2.27. The van der Waals surface area contributed by atoms with Gasteiger partial charge in [0.25, 0.3) is 0 Å². The standard InChI is InChI=1S/C27H37N3O3/c1-17-13-18(2)30-21(14-17)28-23(19-11-10-12-20(32-8)24(19)33-9)25(30)29-22(31)15-27(6,7)16-26(3,4)5/h10-14H,15-16H2,1-9H3,(H,29,31). The van der Waals surface area contributed by atoms with Crippen LogP contribution >= 0.6 is 0 Å². The van der Waals surface area contributed by atoms with Crippen molar-refractivity contribution < 1.29 is 14.3 Å². The minimum atomic E-state index is -0.137. The summed E-state index contributed by atoms with van der Waals surface area (Å²) in [5, 5.41) is 3.19. The number of carbonyl (C=O) groups excluding carboxylic acids is 1. The smallest absolute Gasteiger partial charge is 0.226 e. The monoisotopic (exact) mass is 451 g/mol. The first kappa shape index (κ1) is 24.6. The Hall–Kier alpha value is -3.02. The highest BCUT2D eigenvalue weighted by molar-refractivity contribution is 5.96. The van der Waals surface area contributed by atoms with Crippen LogP contribution in [0.25, 0.3) is 16.9 Å². The highest BCUT2D eigenvalue weighted by Crippen LogP contribution is 2.42. The molecule has 0 aliphatic heterocycles. The summed E-state index contributed by atoms with van der Waals surface area (Å²) < 4.78 is 13.2. The first-order chi connectivity index (χ1) is 15.3. The van der Waals surface area contributed by atoms with Gasteiger partial charge in [-0.2, -0.15) is 0 Å². The molecular formula is C27H37N3O3. The number of methoxy groups -OCH3 is 2. The van der Waals surface area contributed by atoms with E-state index in [4.69, 9.17) is 14.5 Å². The van der Waals surface area contributed by atoms with Crippen LogP contribution in [-0.2, 0) is 4.79 Å². The molecule has 0 aliphatic carbocycles. The van der Waals surface area contributed by atoms with Gasteiger partial charge in [-0.3, -0.25) is 9.20 Å². The maximum absolute atomic E-state index is 13.3. The fourth-order valence-electron chi connectivity index (χ4n) is 5.02. The third kappa shape index (κ3) is 5.49. The van der Waals surface area contributed by atoms with E-state index in [2.05, 4.69) is 46.0 Å². The van der Waals surface area contributed by atoms with Gasteiger partial charge in [0.2, 0.25) is 5.91 Å². The number of fused-ring (bicyclic) bond motifs is 1. The van der Waals surface area contributed by atoms with E-state index in [9.17, 15) is 4.79 Å². The van der Waals surface area contributed by atoms with Gasteiger partial charge in [0.15, 0.2) is 11.5 Å². The molecule has 178 valence electrons. The first-order valence-electron chi connectivity index (χ1n) is 11.4. The van der Waals surface area contributed by atoms with Gasteiger partial charge >= 0.3 is 0 Å². The molecule has 2 aromatic heterocycles. The summed E-state index contributed by atoms with van der Waals surface area (Å²) in [6.07, 6.45) is 1.35. The topological polar surface area (TPSA) is 64.9 Å². The number of hydrogen-bond acceptors (Lipinski definition) is 4. The summed E-state index contributed by atoms with van der Waals surface area (Å²) >= 11 is 0. The Labute approximate surface area is 197 Å². The average Bonchev–Trinajstić information content (AvgIpc) is 3.02. The summed E-state index contributed by atoms with van der Waals surface area (Å²) in [5.41, 5.74) is 4.30. The molecule has 0 radical (unpaired) electrons. The molecule has 6 nitrogen and oxygen atoms in total. The molecule has 0 saturated carbocycles. The molecular weight excluding hydrogens is 414 g/mol. The Kier molecular flexibility index (Phi) is 6.78. The number of pyridine rings is 1. The van der Waals surface area contributed by atoms with Gasteiger partial charge in [-0.15, -0.1) is 0 Å². The summed E-state index contributed by atoms with van der Waals surface area (Å²) in [4.78, 5) is 18.2. The Bertz CT molecular complexity index is 1170. The molecule has 1 aromatic carbocycles. The zero-order valence-corrected chi connectivity index (χ0v) is 21.4. The van der Waals surface area contributed by atoms with Crippen molar-refractivity contribution in [3.63, 3.8) is 0 Å². The van der Waals surface area contributed by atoms with E-state index in [1.54, 1.807) is 14.2 Å². The molecule has 0 unspecified atom stereocenters. The van der Waals surface area contributed by atoms with Gasteiger partial charge < -0.3 is 14.8 Å². The maximum Gasteiger partial charge on any atom is 0.226 e. The third-order valence-corrected chi connectivity index (χ3v) is 5.61. The summed E-state index contributed by atoms with van der Waals surface area (Å²) in [7, 11) is 3.22. The lowest BCUT2D eigenvalue weighted by molar-refractivity contribution is -0.118. The second-order valence-corrected chi connectivity index (χ2v) is 10.8. The second-order valence-electron chi connectivity index (χ2n) is 10.8. The Morgan fingerprint density at radius 3 is 2.36 bits per heavy atom. The molecule has 0 atom stereocenters. The van der Waals surface area contributed by atoms with Crippen LogP contribution in [0.3, 0.4) is 0 Å². The highest BCUT2D eigenvalue weighted by atomic mass is 16.5. The minimum Gasteiger partial charge on any atom is -0.493 e. The van der Waals surface area contributed by atoms with Gasteiger partial charge in [-0.25, -0.2) is 4.98 Å². The number of rotatable bonds is 7. The quantitative estimate of drug-likeness (QED) is 0.450. The zero-order valence-electron chi connectivity index (χ0n) is 21.4. The normalized spacial score (nSPS) is 12.2. The summed E-state index contributed by atoms with van der Waals surface area (Å²) in [5.74, 6) is 1.81. The number of nitrogens with zero attached hydrogens (tertiary/aromatic N) is 2. The number of para-hydroxylation sites is 1. The fourth-order valence-corrected chi connectivity index (χ4v) is 5.02. The van der Waals surface area contributed by atoms with E-state index in [1.165, 1.54) is 0 Å². The van der Waals surface area contributed by atoms with E-state index in [0.29, 0.717) is 29.4 Å². The SMILES string of the molecule is COc1cccc(-c2nc3cc(C)cc(C)n3c2NC(=O)CC(C)(C)CC(C)(C)C)c1OC. The molecule has 3 rings (SSSR count). The number of benzene rings is 1. The van der Waals surface area contributed by atoms with Crippen LogP contribution < -0.4 is 14.8 Å². The van der Waals surface area contributed by atoms with E-state index in [1.807, 2.05) is 42.5 Å². The molecule has 0 saturated heterocycles. The molecule has 2 heterocycles. The molecule has 0 spiro atoms. The number of aromatic nitrogens is 2. The van der Waals surface area contributed by atoms with Gasteiger partial charge in [-0.05, 0) is 60.9 Å². The third-order valence-electron chi connectivity index (χ3n) is 5.61. The predicted octanol–water partition coefficient (Wildman–Crippen LogP) is 6.43. The summed E-state index contributed by atoms with van der Waals surface area (Å²) in [6.45, 7) is 15.0. The van der Waals surface area contributed by atoms with Crippen molar-refractivity contribution in [2.24, 2.45) is 10.8 Å². The molecule has 6 heteroatoms. The number of carbonyl (C=O) groups is 1. The number of imidazole rings is 1. The molecule has 3 aromatic rings. The fraction of sp³-hybridized carbons (Fsp3) is 0.481. The van der Waals surface area contributed by atoms with Crippen molar-refractivity contribution in [1.29, 1.82) is 0 Å². The van der Waals surface area contributed by atoms with Crippen molar-refractivity contribution in [2.45, 2.75) is 61.3 Å². The number of hydrogen-bond donors (Lipinski definition) is 1. The van der Waals surface area contributed by atoms with Crippen molar-refractivity contribution in [1.82, 2.24) is 9.38 Å². The van der Waals surface area contributed by atoms with Crippen LogP contribution in [0.15, 0.2) is 30.3 Å². The van der Waals surface area contributed by atoms with Gasteiger partial charge in [0.05, 0.1) is 14.2 Å². The molecule has 0 bridgehead atoms. The van der Waals surface area contributed by atoms with Crippen LogP contribution in [0.5, 0.6) is 11.5 Å². The largest absolute Gasteiger partial charge is 0.493 e. The van der Waals surface area contributed by atoms with Crippen molar-refractivity contribution >= 4 is 17.4 Å². The van der Waals surface area contributed by atoms with Crippen molar-refractivity contribution in [2.75, 3.05) is 19.5 Å². The van der Waals surface area contributed by atoms with E-state index in [-0.39, 0.29) is 16.7 Å². The number of aryl methyl sites for hydroxylation is 2. The molecule has 0 fully saturated rings. The van der Waals surface area contributed by atoms with Gasteiger partial charge in [0.1, 0.15) is 17.2 Å². The number of nitrogens with one attached hydrogen (secondary N) is 1. The molecule has 1 amide bonds. The van der Waals surface area contributed by atoms with Crippen molar-refractivity contribution in [3.05, 3.63) is 41.6 Å². The molecule has 33 heavy (non-hydrogen) atoms.